The molecule has 0 bridgehead atoms. The van der Waals surface area contributed by atoms with Gasteiger partial charge in [-0.1, -0.05) is 48.5 Å². The number of benzene rings is 2. The first-order valence-corrected chi connectivity index (χ1v) is 8.38. The van der Waals surface area contributed by atoms with Crippen LogP contribution in [0.4, 0.5) is 0 Å². The minimum Gasteiger partial charge on any atom is -0.476 e. The fraction of sp³-hybridized carbons (Fsp3) is 0.150. The topological polar surface area (TPSA) is 84.2 Å². The Morgan fingerprint density at radius 1 is 1.04 bits per heavy atom. The summed E-state index contributed by atoms with van der Waals surface area (Å²) in [5, 5.41) is 16.3. The van der Waals surface area contributed by atoms with E-state index >= 15 is 0 Å². The molecule has 3 aromatic rings. The summed E-state index contributed by atoms with van der Waals surface area (Å²) in [4.78, 5) is 24.0. The summed E-state index contributed by atoms with van der Waals surface area (Å²) in [6.45, 7) is 0. The first-order valence-electron chi connectivity index (χ1n) is 8.38. The Balaban J connectivity index is 1.57. The van der Waals surface area contributed by atoms with Crippen LogP contribution in [0, 0.1) is 0 Å². The average molecular weight is 347 g/mol. The van der Waals surface area contributed by atoms with E-state index in [2.05, 4.69) is 10.4 Å². The molecule has 0 aliphatic heterocycles. The van der Waals surface area contributed by atoms with E-state index in [4.69, 9.17) is 0 Å². The first kappa shape index (κ1) is 16.1. The SMILES string of the molecule is O=C(O)c1cc(C(=O)NC2CC2c2ccccc2)n(-c2ccccc2)n1. The van der Waals surface area contributed by atoms with Crippen molar-refractivity contribution in [2.24, 2.45) is 0 Å². The van der Waals surface area contributed by atoms with Gasteiger partial charge in [-0.3, -0.25) is 4.79 Å². The average Bonchev–Trinajstić information content (AvgIpc) is 3.28. The maximum Gasteiger partial charge on any atom is 0.356 e. The zero-order chi connectivity index (χ0) is 18.1. The molecule has 1 aliphatic carbocycles. The molecule has 130 valence electrons. The smallest absolute Gasteiger partial charge is 0.356 e. The zero-order valence-electron chi connectivity index (χ0n) is 13.9. The third-order valence-electron chi connectivity index (χ3n) is 4.50. The lowest BCUT2D eigenvalue weighted by Crippen LogP contribution is -2.28. The Bertz CT molecular complexity index is 951. The molecule has 2 unspecified atom stereocenters. The molecule has 26 heavy (non-hydrogen) atoms. The second kappa shape index (κ2) is 6.48. The highest BCUT2D eigenvalue weighted by Crippen LogP contribution is 2.40. The molecule has 1 amide bonds. The van der Waals surface area contributed by atoms with Gasteiger partial charge in [-0.15, -0.1) is 0 Å². The first-order chi connectivity index (χ1) is 12.6. The van der Waals surface area contributed by atoms with Crippen LogP contribution >= 0.6 is 0 Å². The lowest BCUT2D eigenvalue weighted by Gasteiger charge is -2.08. The standard InChI is InChI=1S/C20H17N3O3/c24-19(21-16-11-15(16)13-7-3-1-4-8-13)18-12-17(20(25)26)22-23(18)14-9-5-2-6-10-14/h1-10,12,15-16H,11H2,(H,21,24)(H,25,26). The molecule has 0 saturated heterocycles. The van der Waals surface area contributed by atoms with Crippen molar-refractivity contribution >= 4 is 11.9 Å². The summed E-state index contributed by atoms with van der Waals surface area (Å²) in [6.07, 6.45) is 0.876. The highest BCUT2D eigenvalue weighted by molar-refractivity contribution is 5.96. The summed E-state index contributed by atoms with van der Waals surface area (Å²) in [7, 11) is 0. The third-order valence-corrected chi connectivity index (χ3v) is 4.50. The minimum absolute atomic E-state index is 0.0531. The van der Waals surface area contributed by atoms with E-state index < -0.39 is 5.97 Å². The van der Waals surface area contributed by atoms with Gasteiger partial charge in [-0.2, -0.15) is 5.10 Å². The number of nitrogens with one attached hydrogen (secondary N) is 1. The van der Waals surface area contributed by atoms with E-state index in [1.807, 2.05) is 48.5 Å². The number of para-hydroxylation sites is 1. The maximum atomic E-state index is 12.7. The van der Waals surface area contributed by atoms with Gasteiger partial charge in [0.2, 0.25) is 0 Å². The van der Waals surface area contributed by atoms with Gasteiger partial charge in [-0.05, 0) is 24.1 Å². The second-order valence-electron chi connectivity index (χ2n) is 6.30. The molecule has 6 nitrogen and oxygen atoms in total. The third kappa shape index (κ3) is 3.09. The number of rotatable bonds is 5. The summed E-state index contributed by atoms with van der Waals surface area (Å²) >= 11 is 0. The van der Waals surface area contributed by atoms with E-state index in [0.717, 1.165) is 6.42 Å². The maximum absolute atomic E-state index is 12.7. The van der Waals surface area contributed by atoms with Crippen LogP contribution in [0.5, 0.6) is 0 Å². The number of carboxylic acid groups (broad SMARTS) is 1. The van der Waals surface area contributed by atoms with Crippen LogP contribution in [-0.2, 0) is 0 Å². The minimum atomic E-state index is -1.16. The van der Waals surface area contributed by atoms with E-state index in [1.54, 1.807) is 12.1 Å². The lowest BCUT2D eigenvalue weighted by atomic mass is 10.1. The predicted octanol–water partition coefficient (Wildman–Crippen LogP) is 2.86. The number of aromatic carboxylic acids is 1. The molecule has 0 spiro atoms. The number of carboxylic acids is 1. The van der Waals surface area contributed by atoms with Gasteiger partial charge in [0.25, 0.3) is 5.91 Å². The van der Waals surface area contributed by atoms with Crippen molar-refractivity contribution in [1.82, 2.24) is 15.1 Å². The van der Waals surface area contributed by atoms with Crippen molar-refractivity contribution in [3.05, 3.63) is 83.7 Å². The fourth-order valence-electron chi connectivity index (χ4n) is 3.08. The Morgan fingerprint density at radius 3 is 2.35 bits per heavy atom. The van der Waals surface area contributed by atoms with Gasteiger partial charge >= 0.3 is 5.97 Å². The Kier molecular flexibility index (Phi) is 4.01. The summed E-state index contributed by atoms with van der Waals surface area (Å²) in [5.41, 5.74) is 1.89. The van der Waals surface area contributed by atoms with E-state index in [0.29, 0.717) is 11.6 Å². The van der Waals surface area contributed by atoms with Crippen LogP contribution in [0.15, 0.2) is 66.7 Å². The van der Waals surface area contributed by atoms with Gasteiger partial charge in [-0.25, -0.2) is 9.48 Å². The van der Waals surface area contributed by atoms with Crippen LogP contribution in [-0.4, -0.2) is 32.8 Å². The largest absolute Gasteiger partial charge is 0.476 e. The van der Waals surface area contributed by atoms with Gasteiger partial charge in [0.15, 0.2) is 5.69 Å². The van der Waals surface area contributed by atoms with Crippen molar-refractivity contribution in [3.8, 4) is 5.69 Å². The molecular weight excluding hydrogens is 330 g/mol. The molecule has 4 rings (SSSR count). The number of nitrogens with zero attached hydrogens (tertiary/aromatic N) is 2. The molecule has 1 saturated carbocycles. The Morgan fingerprint density at radius 2 is 1.69 bits per heavy atom. The second-order valence-corrected chi connectivity index (χ2v) is 6.30. The van der Waals surface area contributed by atoms with Crippen molar-refractivity contribution in [3.63, 3.8) is 0 Å². The number of aromatic nitrogens is 2. The molecule has 1 aliphatic rings. The van der Waals surface area contributed by atoms with Crippen LogP contribution in [0.25, 0.3) is 5.69 Å². The van der Waals surface area contributed by atoms with Crippen molar-refractivity contribution in [1.29, 1.82) is 0 Å². The monoisotopic (exact) mass is 347 g/mol. The molecule has 2 aromatic carbocycles. The molecule has 1 aromatic heterocycles. The zero-order valence-corrected chi connectivity index (χ0v) is 13.9. The molecule has 2 atom stereocenters. The molecule has 2 N–H and O–H groups in total. The summed E-state index contributed by atoms with van der Waals surface area (Å²) in [5.74, 6) is -1.19. The highest BCUT2D eigenvalue weighted by Gasteiger charge is 2.40. The van der Waals surface area contributed by atoms with Gasteiger partial charge in [0.05, 0.1) is 5.69 Å². The Labute approximate surface area is 150 Å². The number of hydrogen-bond donors (Lipinski definition) is 2. The number of hydrogen-bond acceptors (Lipinski definition) is 3. The normalized spacial score (nSPS) is 18.3. The number of carbonyl (C=O) groups excluding carboxylic acids is 1. The van der Waals surface area contributed by atoms with Gasteiger partial charge in [0.1, 0.15) is 5.69 Å². The van der Waals surface area contributed by atoms with Crippen LogP contribution in [0.1, 0.15) is 38.9 Å². The summed E-state index contributed by atoms with van der Waals surface area (Å²) < 4.78 is 1.37. The van der Waals surface area contributed by atoms with Crippen LogP contribution in [0.3, 0.4) is 0 Å². The van der Waals surface area contributed by atoms with Crippen molar-refractivity contribution in [2.75, 3.05) is 0 Å². The van der Waals surface area contributed by atoms with E-state index in [1.165, 1.54) is 16.3 Å². The highest BCUT2D eigenvalue weighted by atomic mass is 16.4. The van der Waals surface area contributed by atoms with Crippen LogP contribution < -0.4 is 5.32 Å². The predicted molar refractivity (Wildman–Crippen MR) is 95.6 cm³/mol. The fourth-order valence-corrected chi connectivity index (χ4v) is 3.08. The number of amides is 1. The summed E-state index contributed by atoms with van der Waals surface area (Å²) in [6, 6.07) is 20.4. The molecule has 1 fully saturated rings. The molecular formula is C20H17N3O3. The Hall–Kier alpha value is -3.41. The van der Waals surface area contributed by atoms with Crippen molar-refractivity contribution in [2.45, 2.75) is 18.4 Å². The van der Waals surface area contributed by atoms with Gasteiger partial charge < -0.3 is 10.4 Å². The van der Waals surface area contributed by atoms with E-state index in [-0.39, 0.29) is 23.3 Å². The number of carbonyl (C=O) groups is 2. The molecule has 6 heteroatoms. The van der Waals surface area contributed by atoms with E-state index in [9.17, 15) is 14.7 Å². The quantitative estimate of drug-likeness (QED) is 0.743. The lowest BCUT2D eigenvalue weighted by molar-refractivity contribution is 0.0689. The van der Waals surface area contributed by atoms with Crippen molar-refractivity contribution < 1.29 is 14.7 Å². The van der Waals surface area contributed by atoms with Crippen LogP contribution in [0.2, 0.25) is 0 Å². The molecule has 0 radical (unpaired) electrons. The molecule has 1 heterocycles. The van der Waals surface area contributed by atoms with Gasteiger partial charge in [0, 0.05) is 18.0 Å².